The maximum Gasteiger partial charge on any atom is 0.0590 e. The predicted octanol–water partition coefficient (Wildman–Crippen LogP) is 1.82. The lowest BCUT2D eigenvalue weighted by Gasteiger charge is -2.33. The minimum Gasteiger partial charge on any atom is -0.383 e. The van der Waals surface area contributed by atoms with E-state index < -0.39 is 0 Å². The van der Waals surface area contributed by atoms with Crippen LogP contribution in [0, 0.1) is 0 Å². The van der Waals surface area contributed by atoms with Crippen molar-refractivity contribution in [3.05, 3.63) is 18.0 Å². The van der Waals surface area contributed by atoms with Crippen LogP contribution in [0.3, 0.4) is 0 Å². The summed E-state index contributed by atoms with van der Waals surface area (Å²) in [6.45, 7) is 10.8. The molecule has 1 atom stereocenters. The van der Waals surface area contributed by atoms with Crippen LogP contribution in [0.15, 0.2) is 12.4 Å². The van der Waals surface area contributed by atoms with Gasteiger partial charge in [0, 0.05) is 44.0 Å². The van der Waals surface area contributed by atoms with Crippen molar-refractivity contribution in [1.82, 2.24) is 14.7 Å². The highest BCUT2D eigenvalue weighted by atomic mass is 16.5. The summed E-state index contributed by atoms with van der Waals surface area (Å²) in [5, 5.41) is 4.41. The first kappa shape index (κ1) is 16.1. The lowest BCUT2D eigenvalue weighted by Crippen LogP contribution is -2.40. The summed E-state index contributed by atoms with van der Waals surface area (Å²) in [7, 11) is 1.73. The van der Waals surface area contributed by atoms with Crippen molar-refractivity contribution in [2.75, 3.05) is 26.8 Å². The van der Waals surface area contributed by atoms with E-state index in [4.69, 9.17) is 10.5 Å². The van der Waals surface area contributed by atoms with Crippen LogP contribution in [-0.4, -0.2) is 47.5 Å². The van der Waals surface area contributed by atoms with Gasteiger partial charge in [0.15, 0.2) is 0 Å². The van der Waals surface area contributed by atoms with E-state index in [1.807, 2.05) is 10.9 Å². The Morgan fingerprint density at radius 3 is 2.47 bits per heavy atom. The zero-order chi connectivity index (χ0) is 14.4. The molecule has 0 aliphatic heterocycles. The molecule has 0 fully saturated rings. The van der Waals surface area contributed by atoms with Gasteiger partial charge in [0.2, 0.25) is 0 Å². The SMILES string of the molecule is COCCN(C(C)C)C(CN)c1cnn(C(C)C)c1. The van der Waals surface area contributed by atoms with Gasteiger partial charge in [-0.15, -0.1) is 0 Å². The number of methoxy groups -OCH3 is 1. The summed E-state index contributed by atoms with van der Waals surface area (Å²) in [4.78, 5) is 2.37. The molecule has 1 aromatic rings. The molecule has 0 aromatic carbocycles. The van der Waals surface area contributed by atoms with Gasteiger partial charge < -0.3 is 10.5 Å². The monoisotopic (exact) mass is 268 g/mol. The van der Waals surface area contributed by atoms with Crippen molar-refractivity contribution >= 4 is 0 Å². The third-order valence-corrected chi connectivity index (χ3v) is 3.38. The van der Waals surface area contributed by atoms with E-state index in [1.54, 1.807) is 7.11 Å². The molecule has 0 aliphatic carbocycles. The molecule has 0 radical (unpaired) electrons. The fourth-order valence-electron chi connectivity index (χ4n) is 2.24. The molecule has 5 nitrogen and oxygen atoms in total. The molecule has 1 aromatic heterocycles. The minimum atomic E-state index is 0.197. The fourth-order valence-corrected chi connectivity index (χ4v) is 2.24. The van der Waals surface area contributed by atoms with Crippen molar-refractivity contribution in [2.45, 2.75) is 45.8 Å². The van der Waals surface area contributed by atoms with Crippen molar-refractivity contribution in [3.63, 3.8) is 0 Å². The quantitative estimate of drug-likeness (QED) is 0.781. The Morgan fingerprint density at radius 1 is 1.37 bits per heavy atom. The number of nitrogens with zero attached hydrogens (tertiary/aromatic N) is 3. The van der Waals surface area contributed by atoms with Gasteiger partial charge >= 0.3 is 0 Å². The average Bonchev–Trinajstić information content (AvgIpc) is 2.83. The van der Waals surface area contributed by atoms with E-state index in [9.17, 15) is 0 Å². The summed E-state index contributed by atoms with van der Waals surface area (Å²) in [6, 6.07) is 0.993. The highest BCUT2D eigenvalue weighted by molar-refractivity contribution is 5.12. The van der Waals surface area contributed by atoms with Gasteiger partial charge in [-0.2, -0.15) is 5.10 Å². The standard InChI is InChI=1S/C14H28N4O/c1-11(2)17(6-7-19-5)14(8-15)13-9-16-18(10-13)12(3)4/h9-12,14H,6-8,15H2,1-5H3. The summed E-state index contributed by atoms with van der Waals surface area (Å²) < 4.78 is 7.17. The first-order valence-corrected chi connectivity index (χ1v) is 7.00. The maximum atomic E-state index is 5.98. The van der Waals surface area contributed by atoms with Crippen molar-refractivity contribution in [3.8, 4) is 0 Å². The van der Waals surface area contributed by atoms with Crippen molar-refractivity contribution < 1.29 is 4.74 Å². The molecule has 0 saturated carbocycles. The van der Waals surface area contributed by atoms with Crippen molar-refractivity contribution in [1.29, 1.82) is 0 Å². The molecule has 1 heterocycles. The zero-order valence-electron chi connectivity index (χ0n) is 12.8. The molecule has 0 amide bonds. The Labute approximate surface area is 116 Å². The number of nitrogens with two attached hydrogens (primary N) is 1. The molecule has 5 heteroatoms. The smallest absolute Gasteiger partial charge is 0.0590 e. The number of hydrogen-bond acceptors (Lipinski definition) is 4. The minimum absolute atomic E-state index is 0.197. The summed E-state index contributed by atoms with van der Waals surface area (Å²) >= 11 is 0. The number of aromatic nitrogens is 2. The Kier molecular flexibility index (Phi) is 6.48. The van der Waals surface area contributed by atoms with Crippen LogP contribution in [-0.2, 0) is 4.74 Å². The van der Waals surface area contributed by atoms with Crippen LogP contribution >= 0.6 is 0 Å². The van der Waals surface area contributed by atoms with Crippen LogP contribution in [0.1, 0.15) is 45.3 Å². The molecule has 1 rings (SSSR count). The number of rotatable bonds is 8. The summed E-state index contributed by atoms with van der Waals surface area (Å²) in [5.41, 5.74) is 7.16. The third kappa shape index (κ3) is 4.30. The van der Waals surface area contributed by atoms with Gasteiger partial charge in [-0.05, 0) is 27.7 Å². The Hall–Kier alpha value is -0.910. The fraction of sp³-hybridized carbons (Fsp3) is 0.786. The molecule has 0 saturated heterocycles. The van der Waals surface area contributed by atoms with Crippen LogP contribution in [0.25, 0.3) is 0 Å². The van der Waals surface area contributed by atoms with Gasteiger partial charge in [0.25, 0.3) is 0 Å². The van der Waals surface area contributed by atoms with E-state index in [-0.39, 0.29) is 6.04 Å². The summed E-state index contributed by atoms with van der Waals surface area (Å²) in [5.74, 6) is 0. The first-order chi connectivity index (χ1) is 9.01. The number of hydrogen-bond donors (Lipinski definition) is 1. The second kappa shape index (κ2) is 7.62. The maximum absolute atomic E-state index is 5.98. The highest BCUT2D eigenvalue weighted by Gasteiger charge is 2.22. The largest absolute Gasteiger partial charge is 0.383 e. The van der Waals surface area contributed by atoms with Crippen LogP contribution in [0.5, 0.6) is 0 Å². The van der Waals surface area contributed by atoms with Crippen molar-refractivity contribution in [2.24, 2.45) is 5.73 Å². The molecule has 1 unspecified atom stereocenters. The second-order valence-corrected chi connectivity index (χ2v) is 5.42. The highest BCUT2D eigenvalue weighted by Crippen LogP contribution is 2.22. The third-order valence-electron chi connectivity index (χ3n) is 3.38. The first-order valence-electron chi connectivity index (χ1n) is 7.00. The topological polar surface area (TPSA) is 56.3 Å². The van der Waals surface area contributed by atoms with Gasteiger partial charge in [0.1, 0.15) is 0 Å². The molecule has 110 valence electrons. The van der Waals surface area contributed by atoms with E-state index >= 15 is 0 Å². The predicted molar refractivity (Wildman–Crippen MR) is 78.1 cm³/mol. The van der Waals surface area contributed by atoms with Gasteiger partial charge in [0.05, 0.1) is 18.8 Å². The van der Waals surface area contributed by atoms with Gasteiger partial charge in [-0.25, -0.2) is 0 Å². The number of ether oxygens (including phenoxy) is 1. The van der Waals surface area contributed by atoms with Gasteiger partial charge in [-0.3, -0.25) is 9.58 Å². The van der Waals surface area contributed by atoms with Crippen LogP contribution in [0.4, 0.5) is 0 Å². The molecule has 0 spiro atoms. The Morgan fingerprint density at radius 2 is 2.05 bits per heavy atom. The lowest BCUT2D eigenvalue weighted by atomic mass is 10.1. The van der Waals surface area contributed by atoms with E-state index in [1.165, 1.54) is 5.56 Å². The van der Waals surface area contributed by atoms with E-state index in [0.717, 1.165) is 6.54 Å². The molecular formula is C14H28N4O. The second-order valence-electron chi connectivity index (χ2n) is 5.42. The molecule has 0 aliphatic rings. The van der Waals surface area contributed by atoms with Crippen LogP contribution in [0.2, 0.25) is 0 Å². The molecule has 2 N–H and O–H groups in total. The molecule has 19 heavy (non-hydrogen) atoms. The van der Waals surface area contributed by atoms with Crippen LogP contribution < -0.4 is 5.73 Å². The van der Waals surface area contributed by atoms with Gasteiger partial charge in [-0.1, -0.05) is 0 Å². The lowest BCUT2D eigenvalue weighted by molar-refractivity contribution is 0.0979. The van der Waals surface area contributed by atoms with E-state index in [0.29, 0.717) is 25.2 Å². The average molecular weight is 268 g/mol. The molecular weight excluding hydrogens is 240 g/mol. The molecule has 0 bridgehead atoms. The normalized spacial score (nSPS) is 13.7. The zero-order valence-corrected chi connectivity index (χ0v) is 12.8. The Bertz CT molecular complexity index is 362. The summed E-state index contributed by atoms with van der Waals surface area (Å²) in [6.07, 6.45) is 4.03. The Balaban J connectivity index is 2.88. The van der Waals surface area contributed by atoms with E-state index in [2.05, 4.69) is 43.9 Å².